The van der Waals surface area contributed by atoms with E-state index in [0.717, 1.165) is 21.1 Å². The first kappa shape index (κ1) is 20.1. The molecule has 0 aliphatic rings. The van der Waals surface area contributed by atoms with Gasteiger partial charge >= 0.3 is 0 Å². The van der Waals surface area contributed by atoms with Gasteiger partial charge in [0.2, 0.25) is 5.91 Å². The van der Waals surface area contributed by atoms with Crippen LogP contribution in [0.2, 0.25) is 0 Å². The first-order chi connectivity index (χ1) is 14.6. The number of carbonyl (C=O) groups excluding carboxylic acids is 1. The number of nitrogens with zero attached hydrogens (tertiary/aromatic N) is 2. The quantitative estimate of drug-likeness (QED) is 0.406. The maximum Gasteiger partial charge on any atom is 0.243 e. The summed E-state index contributed by atoms with van der Waals surface area (Å²) in [6, 6.07) is 27.0. The van der Waals surface area contributed by atoms with Gasteiger partial charge < -0.3 is 9.47 Å². The van der Waals surface area contributed by atoms with E-state index in [0.29, 0.717) is 18.5 Å². The maximum absolute atomic E-state index is 13.3. The van der Waals surface area contributed by atoms with Crippen LogP contribution in [0.1, 0.15) is 11.1 Å². The van der Waals surface area contributed by atoms with E-state index in [1.54, 1.807) is 12.3 Å². The Kier molecular flexibility index (Phi) is 6.10. The fourth-order valence-electron chi connectivity index (χ4n) is 3.51. The molecule has 0 bridgehead atoms. The smallest absolute Gasteiger partial charge is 0.243 e. The molecule has 1 aromatic heterocycles. The number of hydrogen-bond acceptors (Lipinski definition) is 2. The third-order valence-electron chi connectivity index (χ3n) is 5.03. The van der Waals surface area contributed by atoms with Crippen molar-refractivity contribution in [2.75, 3.05) is 0 Å². The summed E-state index contributed by atoms with van der Waals surface area (Å²) < 4.78 is 2.68. The van der Waals surface area contributed by atoms with Gasteiger partial charge in [0.15, 0.2) is 5.43 Å². The van der Waals surface area contributed by atoms with E-state index >= 15 is 0 Å². The molecule has 0 aliphatic heterocycles. The number of hydrogen-bond donors (Lipinski definition) is 0. The first-order valence-electron chi connectivity index (χ1n) is 9.74. The molecule has 0 spiro atoms. The van der Waals surface area contributed by atoms with Crippen molar-refractivity contribution in [2.45, 2.75) is 19.6 Å². The third kappa shape index (κ3) is 4.69. The average molecular weight is 461 g/mol. The second-order valence-corrected chi connectivity index (χ2v) is 8.11. The van der Waals surface area contributed by atoms with E-state index in [-0.39, 0.29) is 17.9 Å². The summed E-state index contributed by atoms with van der Waals surface area (Å²) >= 11 is 3.42. The normalized spacial score (nSPS) is 10.8. The second kappa shape index (κ2) is 9.09. The third-order valence-corrected chi connectivity index (χ3v) is 5.52. The summed E-state index contributed by atoms with van der Waals surface area (Å²) in [6.45, 7) is 1.22. The summed E-state index contributed by atoms with van der Waals surface area (Å²) in [4.78, 5) is 27.4. The minimum Gasteiger partial charge on any atom is -0.338 e. The fraction of sp³-hybridized carbons (Fsp3) is 0.120. The highest BCUT2D eigenvalue weighted by molar-refractivity contribution is 9.10. The molecule has 30 heavy (non-hydrogen) atoms. The Morgan fingerprint density at radius 2 is 1.43 bits per heavy atom. The van der Waals surface area contributed by atoms with Gasteiger partial charge in [-0.2, -0.15) is 0 Å². The molecule has 1 heterocycles. The van der Waals surface area contributed by atoms with Gasteiger partial charge in [-0.3, -0.25) is 9.59 Å². The number of carbonyl (C=O) groups is 1. The summed E-state index contributed by atoms with van der Waals surface area (Å²) in [6.07, 6.45) is 1.69. The Labute approximate surface area is 183 Å². The van der Waals surface area contributed by atoms with E-state index in [1.165, 1.54) is 6.07 Å². The zero-order valence-electron chi connectivity index (χ0n) is 16.4. The molecule has 0 unspecified atom stereocenters. The average Bonchev–Trinajstić information content (AvgIpc) is 2.77. The molecule has 4 nitrogen and oxygen atoms in total. The van der Waals surface area contributed by atoms with Crippen molar-refractivity contribution in [3.8, 4) is 0 Å². The van der Waals surface area contributed by atoms with Crippen LogP contribution in [0, 0.1) is 0 Å². The first-order valence-corrected chi connectivity index (χ1v) is 10.5. The number of fused-ring (bicyclic) bond motifs is 1. The molecular weight excluding hydrogens is 440 g/mol. The highest BCUT2D eigenvalue weighted by atomic mass is 79.9. The van der Waals surface area contributed by atoms with Crippen molar-refractivity contribution in [1.29, 1.82) is 0 Å². The molecule has 0 atom stereocenters. The van der Waals surface area contributed by atoms with Crippen LogP contribution < -0.4 is 5.43 Å². The van der Waals surface area contributed by atoms with Crippen LogP contribution >= 0.6 is 15.9 Å². The van der Waals surface area contributed by atoms with Gasteiger partial charge in [0.05, 0.1) is 5.52 Å². The van der Waals surface area contributed by atoms with Crippen molar-refractivity contribution in [3.63, 3.8) is 0 Å². The van der Waals surface area contributed by atoms with Crippen LogP contribution in [0.5, 0.6) is 0 Å². The van der Waals surface area contributed by atoms with Crippen LogP contribution in [0.25, 0.3) is 10.9 Å². The number of pyridine rings is 1. The Bertz CT molecular complexity index is 1180. The number of halogens is 1. The molecule has 0 fully saturated rings. The number of aromatic nitrogens is 1. The predicted octanol–water partition coefficient (Wildman–Crippen LogP) is 4.99. The van der Waals surface area contributed by atoms with Crippen LogP contribution in [-0.2, 0) is 24.4 Å². The minimum atomic E-state index is -0.0552. The van der Waals surface area contributed by atoms with E-state index in [9.17, 15) is 9.59 Å². The lowest BCUT2D eigenvalue weighted by molar-refractivity contribution is -0.133. The molecule has 4 rings (SSSR count). The van der Waals surface area contributed by atoms with Gasteiger partial charge in [-0.25, -0.2) is 0 Å². The molecule has 0 saturated carbocycles. The van der Waals surface area contributed by atoms with Gasteiger partial charge in [-0.05, 0) is 29.3 Å². The molecule has 1 amide bonds. The molecule has 0 radical (unpaired) electrons. The van der Waals surface area contributed by atoms with Gasteiger partial charge in [0, 0.05) is 35.2 Å². The molecule has 3 aromatic carbocycles. The SMILES string of the molecule is O=C(Cn1ccc(=O)c2cc(Br)ccc21)N(Cc1ccccc1)Cc1ccccc1. The number of benzene rings is 3. The highest BCUT2D eigenvalue weighted by Crippen LogP contribution is 2.18. The standard InChI is InChI=1S/C25H21BrN2O2/c26-21-11-12-23-22(15-21)24(29)13-14-27(23)18-25(30)28(16-19-7-3-1-4-8-19)17-20-9-5-2-6-10-20/h1-15H,16-18H2. The van der Waals surface area contributed by atoms with Gasteiger partial charge in [-0.15, -0.1) is 0 Å². The molecule has 4 aromatic rings. The molecule has 0 aliphatic carbocycles. The van der Waals surface area contributed by atoms with E-state index in [2.05, 4.69) is 15.9 Å². The Morgan fingerprint density at radius 1 is 0.833 bits per heavy atom. The van der Waals surface area contributed by atoms with Crippen LogP contribution in [0.4, 0.5) is 0 Å². The summed E-state index contributed by atoms with van der Waals surface area (Å²) in [5.74, 6) is -0.00410. The summed E-state index contributed by atoms with van der Waals surface area (Å²) in [5.41, 5.74) is 2.85. The molecule has 0 saturated heterocycles. The van der Waals surface area contributed by atoms with Crippen molar-refractivity contribution in [2.24, 2.45) is 0 Å². The highest BCUT2D eigenvalue weighted by Gasteiger charge is 2.16. The Hall–Kier alpha value is -3.18. The van der Waals surface area contributed by atoms with Crippen LogP contribution in [0.15, 0.2) is 100 Å². The lowest BCUT2D eigenvalue weighted by atomic mass is 10.1. The van der Waals surface area contributed by atoms with Gasteiger partial charge in [0.1, 0.15) is 6.54 Å². The topological polar surface area (TPSA) is 42.3 Å². The van der Waals surface area contributed by atoms with Gasteiger partial charge in [-0.1, -0.05) is 76.6 Å². The lowest BCUT2D eigenvalue weighted by Crippen LogP contribution is -2.33. The van der Waals surface area contributed by atoms with Crippen molar-refractivity contribution >= 4 is 32.7 Å². The Morgan fingerprint density at radius 3 is 2.03 bits per heavy atom. The Balaban J connectivity index is 1.64. The van der Waals surface area contributed by atoms with Crippen LogP contribution in [0.3, 0.4) is 0 Å². The monoisotopic (exact) mass is 460 g/mol. The summed E-state index contributed by atoms with van der Waals surface area (Å²) in [5, 5.41) is 0.595. The second-order valence-electron chi connectivity index (χ2n) is 7.19. The van der Waals surface area contributed by atoms with E-state index in [1.807, 2.05) is 82.3 Å². The van der Waals surface area contributed by atoms with Crippen molar-refractivity contribution in [3.05, 3.63) is 117 Å². The van der Waals surface area contributed by atoms with Crippen molar-refractivity contribution < 1.29 is 4.79 Å². The lowest BCUT2D eigenvalue weighted by Gasteiger charge is -2.24. The van der Waals surface area contributed by atoms with E-state index < -0.39 is 0 Å². The summed E-state index contributed by atoms with van der Waals surface area (Å²) in [7, 11) is 0. The zero-order chi connectivity index (χ0) is 20.9. The predicted molar refractivity (Wildman–Crippen MR) is 123 cm³/mol. The van der Waals surface area contributed by atoms with E-state index in [4.69, 9.17) is 0 Å². The molecule has 150 valence electrons. The number of amides is 1. The van der Waals surface area contributed by atoms with Crippen molar-refractivity contribution in [1.82, 2.24) is 9.47 Å². The molecule has 5 heteroatoms. The molecule has 0 N–H and O–H groups in total. The van der Waals surface area contributed by atoms with Gasteiger partial charge in [0.25, 0.3) is 0 Å². The zero-order valence-corrected chi connectivity index (χ0v) is 18.0. The number of rotatable bonds is 6. The fourth-order valence-corrected chi connectivity index (χ4v) is 3.87. The maximum atomic E-state index is 13.3. The minimum absolute atomic E-state index is 0.00410. The molecular formula is C25H21BrN2O2. The largest absolute Gasteiger partial charge is 0.338 e. The van der Waals surface area contributed by atoms with Crippen LogP contribution in [-0.4, -0.2) is 15.4 Å².